The Bertz CT molecular complexity index is 286. The Kier molecular flexibility index (Phi) is 6.99. The van der Waals surface area contributed by atoms with Crippen LogP contribution in [0.1, 0.15) is 20.8 Å². The molecule has 0 saturated carbocycles. The number of rotatable bonds is 8. The molecular weight excluding hydrogens is 257 g/mol. The number of halogens is 1. The number of hydrogen-bond acceptors (Lipinski definition) is 5. The lowest BCUT2D eigenvalue weighted by Crippen LogP contribution is -2.10. The summed E-state index contributed by atoms with van der Waals surface area (Å²) in [5, 5.41) is 0. The predicted molar refractivity (Wildman–Crippen MR) is 60.9 cm³/mol. The maximum absolute atomic E-state index is 13.9. The molecule has 0 rings (SSSR count). The molecule has 0 aromatic heterocycles. The lowest BCUT2D eigenvalue weighted by Gasteiger charge is -2.24. The summed E-state index contributed by atoms with van der Waals surface area (Å²) in [5.41, 5.74) is -2.24. The largest absolute Gasteiger partial charge is 0.374 e. The van der Waals surface area contributed by atoms with Crippen LogP contribution in [0.3, 0.4) is 0 Å². The average molecular weight is 276 g/mol. The summed E-state index contributed by atoms with van der Waals surface area (Å²) in [6.45, 7) is 5.89. The zero-order valence-corrected chi connectivity index (χ0v) is 11.8. The van der Waals surface area contributed by atoms with Gasteiger partial charge in [0, 0.05) is 6.66 Å². The highest BCUT2D eigenvalue weighted by molar-refractivity contribution is 7.74. The fourth-order valence-electron chi connectivity index (χ4n) is 1.09. The fraction of sp³-hybridized carbons (Fsp3) is 1.00. The van der Waals surface area contributed by atoms with Gasteiger partial charge in [0.25, 0.3) is 5.65 Å². The molecule has 0 aliphatic heterocycles. The molecule has 0 aromatic carbocycles. The highest BCUT2D eigenvalue weighted by Crippen LogP contribution is 2.68. The van der Waals surface area contributed by atoms with Crippen LogP contribution in [-0.4, -0.2) is 32.1 Å². The standard InChI is InChI=1S/C8H19FO5P2/c1-5-12-15(4,10)8(9)16(11,13-6-2)14-7-3/h8H,5-7H2,1-4H3. The van der Waals surface area contributed by atoms with Crippen LogP contribution in [0.2, 0.25) is 0 Å². The Morgan fingerprint density at radius 3 is 1.69 bits per heavy atom. The maximum Gasteiger partial charge on any atom is 0.374 e. The van der Waals surface area contributed by atoms with Crippen molar-refractivity contribution in [2.45, 2.75) is 26.4 Å². The van der Waals surface area contributed by atoms with E-state index in [1.807, 2.05) is 0 Å². The number of alkyl halides is 1. The molecule has 0 amide bonds. The summed E-state index contributed by atoms with van der Waals surface area (Å²) in [5.74, 6) is 0. The fourth-order valence-corrected chi connectivity index (χ4v) is 5.43. The quantitative estimate of drug-likeness (QED) is 0.635. The highest BCUT2D eigenvalue weighted by Gasteiger charge is 2.47. The minimum atomic E-state index is -4.02. The second kappa shape index (κ2) is 6.87. The minimum absolute atomic E-state index is 0.0177. The Hall–Kier alpha value is 0.270. The van der Waals surface area contributed by atoms with E-state index in [0.29, 0.717) is 0 Å². The van der Waals surface area contributed by atoms with Gasteiger partial charge in [-0.2, -0.15) is 0 Å². The van der Waals surface area contributed by atoms with Crippen molar-refractivity contribution < 1.29 is 27.1 Å². The first-order chi connectivity index (χ1) is 7.34. The average Bonchev–Trinajstić information content (AvgIpc) is 2.17. The van der Waals surface area contributed by atoms with Crippen molar-refractivity contribution in [3.8, 4) is 0 Å². The SMILES string of the molecule is CCOP(C)(=O)C(F)P(=O)(OCC)OCC. The summed E-state index contributed by atoms with van der Waals surface area (Å²) in [7, 11) is -7.66. The molecule has 2 unspecified atom stereocenters. The van der Waals surface area contributed by atoms with Crippen molar-refractivity contribution in [1.29, 1.82) is 0 Å². The minimum Gasteiger partial charge on any atom is -0.327 e. The molecule has 0 fully saturated rings. The van der Waals surface area contributed by atoms with Gasteiger partial charge in [0.15, 0.2) is 0 Å². The van der Waals surface area contributed by atoms with Gasteiger partial charge in [-0.25, -0.2) is 4.39 Å². The van der Waals surface area contributed by atoms with Gasteiger partial charge in [-0.1, -0.05) is 0 Å². The van der Waals surface area contributed by atoms with Gasteiger partial charge in [-0.15, -0.1) is 0 Å². The van der Waals surface area contributed by atoms with Crippen LogP contribution in [-0.2, 0) is 22.7 Å². The summed E-state index contributed by atoms with van der Waals surface area (Å²) in [6.07, 6.45) is 0. The highest BCUT2D eigenvalue weighted by atomic mass is 31.2. The van der Waals surface area contributed by atoms with E-state index in [9.17, 15) is 13.5 Å². The zero-order valence-electron chi connectivity index (χ0n) is 10.0. The van der Waals surface area contributed by atoms with E-state index in [4.69, 9.17) is 13.6 Å². The van der Waals surface area contributed by atoms with Crippen LogP contribution < -0.4 is 0 Å². The normalized spacial score (nSPS) is 18.1. The second-order valence-electron chi connectivity index (χ2n) is 3.01. The van der Waals surface area contributed by atoms with E-state index in [0.717, 1.165) is 6.66 Å². The molecule has 2 atom stereocenters. The molecular formula is C8H19FO5P2. The van der Waals surface area contributed by atoms with Crippen LogP contribution >= 0.6 is 15.0 Å². The van der Waals surface area contributed by atoms with Crippen molar-refractivity contribution >= 4 is 15.0 Å². The Morgan fingerprint density at radius 2 is 1.38 bits per heavy atom. The van der Waals surface area contributed by atoms with E-state index >= 15 is 0 Å². The van der Waals surface area contributed by atoms with Crippen molar-refractivity contribution in [2.24, 2.45) is 0 Å². The molecule has 5 nitrogen and oxygen atoms in total. The third-order valence-electron chi connectivity index (χ3n) is 1.65. The van der Waals surface area contributed by atoms with E-state index in [1.165, 1.54) is 0 Å². The lowest BCUT2D eigenvalue weighted by molar-refractivity contribution is 0.198. The van der Waals surface area contributed by atoms with Gasteiger partial charge in [0.05, 0.1) is 19.8 Å². The molecule has 0 saturated heterocycles. The molecule has 0 aliphatic rings. The Labute approximate surface area is 95.6 Å². The van der Waals surface area contributed by atoms with Crippen molar-refractivity contribution in [2.75, 3.05) is 26.5 Å². The van der Waals surface area contributed by atoms with Crippen molar-refractivity contribution in [3.63, 3.8) is 0 Å². The lowest BCUT2D eigenvalue weighted by atomic mass is 10.9. The molecule has 0 bridgehead atoms. The van der Waals surface area contributed by atoms with Crippen LogP contribution in [0.5, 0.6) is 0 Å². The van der Waals surface area contributed by atoms with Gasteiger partial charge >= 0.3 is 7.60 Å². The first kappa shape index (κ1) is 16.3. The molecule has 0 aliphatic carbocycles. The summed E-state index contributed by atoms with van der Waals surface area (Å²) < 4.78 is 52.0. The Morgan fingerprint density at radius 1 is 1.00 bits per heavy atom. The maximum atomic E-state index is 13.9. The molecule has 98 valence electrons. The number of hydrogen-bond donors (Lipinski definition) is 0. The molecule has 0 aromatic rings. The van der Waals surface area contributed by atoms with Crippen LogP contribution in [0.15, 0.2) is 0 Å². The molecule has 0 spiro atoms. The molecule has 0 N–H and O–H groups in total. The van der Waals surface area contributed by atoms with Crippen LogP contribution in [0.4, 0.5) is 4.39 Å². The first-order valence-corrected chi connectivity index (χ1v) is 8.84. The van der Waals surface area contributed by atoms with E-state index < -0.39 is 20.6 Å². The third kappa shape index (κ3) is 4.27. The monoisotopic (exact) mass is 276 g/mol. The van der Waals surface area contributed by atoms with E-state index in [2.05, 4.69) is 0 Å². The Balaban J connectivity index is 4.93. The van der Waals surface area contributed by atoms with Gasteiger partial charge < -0.3 is 13.6 Å². The second-order valence-corrected chi connectivity index (χ2v) is 8.00. The van der Waals surface area contributed by atoms with Crippen molar-refractivity contribution in [3.05, 3.63) is 0 Å². The molecule has 8 heteroatoms. The van der Waals surface area contributed by atoms with Gasteiger partial charge in [-0.3, -0.25) is 9.13 Å². The van der Waals surface area contributed by atoms with Gasteiger partial charge in [-0.05, 0) is 20.8 Å². The van der Waals surface area contributed by atoms with E-state index in [1.54, 1.807) is 20.8 Å². The van der Waals surface area contributed by atoms with Crippen LogP contribution in [0, 0.1) is 0 Å². The zero-order chi connectivity index (χ0) is 12.8. The smallest absolute Gasteiger partial charge is 0.327 e. The summed E-state index contributed by atoms with van der Waals surface area (Å²) in [6, 6.07) is 0. The predicted octanol–water partition coefficient (Wildman–Crippen LogP) is 3.45. The third-order valence-corrected chi connectivity index (χ3v) is 7.06. The van der Waals surface area contributed by atoms with Crippen molar-refractivity contribution in [1.82, 2.24) is 0 Å². The van der Waals surface area contributed by atoms with Crippen LogP contribution in [0.25, 0.3) is 0 Å². The van der Waals surface area contributed by atoms with E-state index in [-0.39, 0.29) is 19.8 Å². The molecule has 0 heterocycles. The molecule has 0 radical (unpaired) electrons. The molecule has 16 heavy (non-hydrogen) atoms. The first-order valence-electron chi connectivity index (χ1n) is 5.08. The van der Waals surface area contributed by atoms with Gasteiger partial charge in [0.2, 0.25) is 7.37 Å². The summed E-state index contributed by atoms with van der Waals surface area (Å²) >= 11 is 0. The van der Waals surface area contributed by atoms with Gasteiger partial charge in [0.1, 0.15) is 0 Å². The topological polar surface area (TPSA) is 61.8 Å². The summed E-state index contributed by atoms with van der Waals surface area (Å²) in [4.78, 5) is 0.